The first kappa shape index (κ1) is 14.5. The van der Waals surface area contributed by atoms with Gasteiger partial charge in [-0.05, 0) is 31.5 Å². The lowest BCUT2D eigenvalue weighted by molar-refractivity contribution is 0.568. The third kappa shape index (κ3) is 5.09. The van der Waals surface area contributed by atoms with Crippen LogP contribution in [-0.4, -0.2) is 24.1 Å². The van der Waals surface area contributed by atoms with Gasteiger partial charge in [-0.2, -0.15) is 11.8 Å². The fourth-order valence-corrected chi connectivity index (χ4v) is 2.65. The first-order valence-corrected chi connectivity index (χ1v) is 7.24. The number of thioether (sulfide) groups is 1. The van der Waals surface area contributed by atoms with E-state index in [9.17, 15) is 4.39 Å². The van der Waals surface area contributed by atoms with Gasteiger partial charge in [0.2, 0.25) is 0 Å². The summed E-state index contributed by atoms with van der Waals surface area (Å²) in [6.07, 6.45) is 1.94. The van der Waals surface area contributed by atoms with E-state index in [2.05, 4.69) is 19.2 Å². The highest BCUT2D eigenvalue weighted by Gasteiger charge is 2.11. The Hall–Kier alpha value is -0.540. The van der Waals surface area contributed by atoms with Gasteiger partial charge in [0.25, 0.3) is 0 Å². The Bertz CT molecular complexity index is 330. The van der Waals surface area contributed by atoms with Crippen molar-refractivity contribution < 1.29 is 4.39 Å². The maximum Gasteiger partial charge on any atom is 0.126 e. The quantitative estimate of drug-likeness (QED) is 0.800. The van der Waals surface area contributed by atoms with Crippen LogP contribution < -0.4 is 5.32 Å². The van der Waals surface area contributed by atoms with E-state index in [1.807, 2.05) is 30.9 Å². The van der Waals surface area contributed by atoms with Crippen molar-refractivity contribution in [1.29, 1.82) is 0 Å². The predicted octanol–water partition coefficient (Wildman–Crippen LogP) is 3.49. The van der Waals surface area contributed by atoms with E-state index in [1.54, 1.807) is 6.07 Å². The maximum absolute atomic E-state index is 13.5. The molecule has 0 saturated carbocycles. The van der Waals surface area contributed by atoms with Crippen LogP contribution in [0.5, 0.6) is 0 Å². The molecule has 17 heavy (non-hydrogen) atoms. The average Bonchev–Trinajstić information content (AvgIpc) is 2.36. The van der Waals surface area contributed by atoms with Crippen molar-refractivity contribution in [2.24, 2.45) is 0 Å². The summed E-state index contributed by atoms with van der Waals surface area (Å²) in [5.74, 6) is 0.932. The molecule has 1 rings (SSSR count). The molecular weight excluding hydrogens is 233 g/mol. The Kier molecular flexibility index (Phi) is 6.60. The average molecular weight is 255 g/mol. The Labute approximate surface area is 108 Å². The first-order chi connectivity index (χ1) is 8.17. The number of hydrogen-bond acceptors (Lipinski definition) is 2. The van der Waals surface area contributed by atoms with Crippen LogP contribution in [0.4, 0.5) is 4.39 Å². The zero-order valence-corrected chi connectivity index (χ0v) is 11.7. The largest absolute Gasteiger partial charge is 0.316 e. The Morgan fingerprint density at radius 3 is 2.65 bits per heavy atom. The van der Waals surface area contributed by atoms with Crippen molar-refractivity contribution in [2.75, 3.05) is 12.8 Å². The normalized spacial score (nSPS) is 14.6. The molecule has 0 fully saturated rings. The fourth-order valence-electron chi connectivity index (χ4n) is 1.57. The van der Waals surface area contributed by atoms with Gasteiger partial charge in [-0.15, -0.1) is 0 Å². The molecule has 0 amide bonds. The lowest BCUT2D eigenvalue weighted by atomic mass is 10.1. The second-order valence-corrected chi connectivity index (χ2v) is 5.80. The summed E-state index contributed by atoms with van der Waals surface area (Å²) in [6.45, 7) is 4.43. The van der Waals surface area contributed by atoms with Gasteiger partial charge in [-0.1, -0.05) is 32.0 Å². The number of nitrogens with one attached hydrogen (secondary N) is 1. The summed E-state index contributed by atoms with van der Waals surface area (Å²) < 4.78 is 13.5. The molecule has 96 valence electrons. The molecule has 0 aliphatic carbocycles. The zero-order valence-electron chi connectivity index (χ0n) is 10.9. The molecule has 0 spiro atoms. The second kappa shape index (κ2) is 7.72. The van der Waals surface area contributed by atoms with Gasteiger partial charge < -0.3 is 5.32 Å². The van der Waals surface area contributed by atoms with Crippen LogP contribution in [0, 0.1) is 5.82 Å². The van der Waals surface area contributed by atoms with Crippen LogP contribution in [-0.2, 0) is 6.42 Å². The summed E-state index contributed by atoms with van der Waals surface area (Å²) in [5, 5.41) is 3.94. The van der Waals surface area contributed by atoms with Crippen LogP contribution in [0.3, 0.4) is 0 Å². The van der Waals surface area contributed by atoms with Crippen molar-refractivity contribution in [1.82, 2.24) is 5.32 Å². The fraction of sp³-hybridized carbons (Fsp3) is 0.571. The van der Waals surface area contributed by atoms with E-state index in [4.69, 9.17) is 0 Å². The third-order valence-corrected chi connectivity index (χ3v) is 4.49. The Morgan fingerprint density at radius 1 is 1.35 bits per heavy atom. The van der Waals surface area contributed by atoms with Crippen molar-refractivity contribution in [3.63, 3.8) is 0 Å². The molecule has 0 aliphatic rings. The molecule has 0 saturated heterocycles. The van der Waals surface area contributed by atoms with E-state index >= 15 is 0 Å². The van der Waals surface area contributed by atoms with Gasteiger partial charge in [-0.3, -0.25) is 0 Å². The number of benzene rings is 1. The van der Waals surface area contributed by atoms with Crippen LogP contribution in [0.25, 0.3) is 0 Å². The van der Waals surface area contributed by atoms with E-state index in [-0.39, 0.29) is 5.82 Å². The van der Waals surface area contributed by atoms with Gasteiger partial charge in [0.1, 0.15) is 5.82 Å². The molecule has 1 nitrogen and oxygen atoms in total. The number of halogens is 1. The molecule has 2 atom stereocenters. The van der Waals surface area contributed by atoms with Crippen LogP contribution in [0.15, 0.2) is 24.3 Å². The van der Waals surface area contributed by atoms with Crippen LogP contribution in [0.2, 0.25) is 0 Å². The van der Waals surface area contributed by atoms with Gasteiger partial charge >= 0.3 is 0 Å². The minimum atomic E-state index is -0.0960. The molecule has 0 heterocycles. The molecule has 0 aliphatic heterocycles. The van der Waals surface area contributed by atoms with Crippen LogP contribution >= 0.6 is 11.8 Å². The second-order valence-electron chi connectivity index (χ2n) is 4.33. The summed E-state index contributed by atoms with van der Waals surface area (Å²) in [4.78, 5) is 0. The molecule has 1 aromatic rings. The number of rotatable bonds is 7. The third-order valence-electron chi connectivity index (χ3n) is 2.99. The van der Waals surface area contributed by atoms with Crippen LogP contribution in [0.1, 0.15) is 25.8 Å². The van der Waals surface area contributed by atoms with Gasteiger partial charge in [0, 0.05) is 17.0 Å². The van der Waals surface area contributed by atoms with E-state index in [0.717, 1.165) is 17.7 Å². The monoisotopic (exact) mass is 255 g/mol. The summed E-state index contributed by atoms with van der Waals surface area (Å²) in [7, 11) is 1.95. The van der Waals surface area contributed by atoms with E-state index in [0.29, 0.717) is 11.3 Å². The minimum absolute atomic E-state index is 0.0960. The lowest BCUT2D eigenvalue weighted by Gasteiger charge is -2.18. The molecule has 0 radical (unpaired) electrons. The molecule has 1 aromatic carbocycles. The molecule has 1 N–H and O–H groups in total. The molecule has 0 bridgehead atoms. The lowest BCUT2D eigenvalue weighted by Crippen LogP contribution is -2.31. The van der Waals surface area contributed by atoms with Gasteiger partial charge in [0.15, 0.2) is 0 Å². The maximum atomic E-state index is 13.5. The highest BCUT2D eigenvalue weighted by molar-refractivity contribution is 7.99. The van der Waals surface area contributed by atoms with Crippen molar-refractivity contribution in [2.45, 2.75) is 38.0 Å². The highest BCUT2D eigenvalue weighted by Crippen LogP contribution is 2.17. The molecular formula is C14H22FNS. The summed E-state index contributed by atoms with van der Waals surface area (Å²) >= 11 is 1.95. The molecule has 0 aromatic heterocycles. The first-order valence-electron chi connectivity index (χ1n) is 6.19. The Morgan fingerprint density at radius 2 is 2.06 bits per heavy atom. The van der Waals surface area contributed by atoms with E-state index < -0.39 is 0 Å². The Balaban J connectivity index is 2.49. The number of likely N-dealkylation sites (N-methyl/N-ethyl adjacent to an activating group) is 1. The van der Waals surface area contributed by atoms with Crippen molar-refractivity contribution in [3.05, 3.63) is 35.6 Å². The zero-order chi connectivity index (χ0) is 12.7. The summed E-state index contributed by atoms with van der Waals surface area (Å²) in [5.41, 5.74) is 0.802. The minimum Gasteiger partial charge on any atom is -0.316 e. The smallest absolute Gasteiger partial charge is 0.126 e. The summed E-state index contributed by atoms with van der Waals surface area (Å²) in [6, 6.07) is 7.37. The van der Waals surface area contributed by atoms with Crippen molar-refractivity contribution in [3.8, 4) is 0 Å². The van der Waals surface area contributed by atoms with Crippen molar-refractivity contribution >= 4 is 11.8 Å². The van der Waals surface area contributed by atoms with E-state index in [1.165, 1.54) is 12.5 Å². The predicted molar refractivity (Wildman–Crippen MR) is 75.2 cm³/mol. The van der Waals surface area contributed by atoms with Gasteiger partial charge in [0.05, 0.1) is 0 Å². The number of hydrogen-bond donors (Lipinski definition) is 1. The van der Waals surface area contributed by atoms with Gasteiger partial charge in [-0.25, -0.2) is 4.39 Å². The topological polar surface area (TPSA) is 12.0 Å². The molecule has 3 heteroatoms. The highest BCUT2D eigenvalue weighted by atomic mass is 32.2. The SMILES string of the molecule is CCC(C)SCC(Cc1ccccc1F)NC. The molecule has 2 unspecified atom stereocenters. The standard InChI is InChI=1S/C14H22FNS/c1-4-11(2)17-10-13(16-3)9-12-7-5-6-8-14(12)15/h5-8,11,13,16H,4,9-10H2,1-3H3.